The number of H-pyrrole nitrogens is 2. The SMILES string of the molecule is Cl.N#Cc1cnc(N2CCN(C(=O)CCc3nc4ccccc4c(=O)[nH]3)CC2)s1.N#Cc1cnc(N2CCNCC2)s1.O=C(O)CCc1nc2ccccc2c(=O)[nH]1. The normalized spacial score (nSPS) is 13.6. The fourth-order valence-electron chi connectivity index (χ4n) is 6.04. The zero-order chi connectivity index (χ0) is 40.1. The molecule has 2 aliphatic rings. The highest BCUT2D eigenvalue weighted by Gasteiger charge is 2.23. The van der Waals surface area contributed by atoms with Gasteiger partial charge in [-0.1, -0.05) is 46.9 Å². The van der Waals surface area contributed by atoms with Gasteiger partial charge in [0.1, 0.15) is 33.5 Å². The summed E-state index contributed by atoms with van der Waals surface area (Å²) in [7, 11) is 0. The van der Waals surface area contributed by atoms with Crippen molar-refractivity contribution in [2.24, 2.45) is 0 Å². The Morgan fingerprint density at radius 3 is 1.64 bits per heavy atom. The van der Waals surface area contributed by atoms with Crippen LogP contribution in [0.5, 0.6) is 0 Å². The summed E-state index contributed by atoms with van der Waals surface area (Å²) < 4.78 is 0. The minimum absolute atomic E-state index is 0. The Morgan fingerprint density at radius 1 is 0.707 bits per heavy atom. The first-order chi connectivity index (χ1) is 27.7. The van der Waals surface area contributed by atoms with Crippen LogP contribution in [0.1, 0.15) is 34.2 Å². The van der Waals surface area contributed by atoms with Crippen LogP contribution in [-0.4, -0.2) is 104 Å². The van der Waals surface area contributed by atoms with E-state index < -0.39 is 5.97 Å². The van der Waals surface area contributed by atoms with E-state index in [2.05, 4.69) is 57.2 Å². The van der Waals surface area contributed by atoms with Crippen LogP contribution in [-0.2, 0) is 22.4 Å². The summed E-state index contributed by atoms with van der Waals surface area (Å²) in [5.41, 5.74) is 0.821. The van der Waals surface area contributed by atoms with E-state index in [9.17, 15) is 19.2 Å². The van der Waals surface area contributed by atoms with Crippen LogP contribution in [0.4, 0.5) is 10.3 Å². The summed E-state index contributed by atoms with van der Waals surface area (Å²) in [6.07, 6.45) is 4.11. The lowest BCUT2D eigenvalue weighted by Gasteiger charge is -2.34. The second kappa shape index (κ2) is 20.8. The molecule has 6 heterocycles. The first kappa shape index (κ1) is 42.9. The van der Waals surface area contributed by atoms with Crippen LogP contribution in [0.15, 0.2) is 70.5 Å². The van der Waals surface area contributed by atoms with Gasteiger partial charge in [-0.15, -0.1) is 12.4 Å². The summed E-state index contributed by atoms with van der Waals surface area (Å²) in [6.45, 7) is 6.58. The molecule has 2 aromatic carbocycles. The maximum atomic E-state index is 12.5. The van der Waals surface area contributed by atoms with Crippen molar-refractivity contribution in [2.75, 3.05) is 62.2 Å². The average Bonchev–Trinajstić information content (AvgIpc) is 3.94. The number of benzene rings is 2. The number of halogens is 1. The Bertz CT molecular complexity index is 2550. The number of carboxylic acid groups (broad SMARTS) is 1. The predicted molar refractivity (Wildman–Crippen MR) is 224 cm³/mol. The maximum Gasteiger partial charge on any atom is 0.303 e. The van der Waals surface area contributed by atoms with Crippen molar-refractivity contribution in [1.29, 1.82) is 10.5 Å². The lowest BCUT2D eigenvalue weighted by Crippen LogP contribution is -2.48. The third-order valence-corrected chi connectivity index (χ3v) is 10.9. The Hall–Kier alpha value is -6.25. The second-order valence-corrected chi connectivity index (χ2v) is 14.8. The van der Waals surface area contributed by atoms with Gasteiger partial charge in [0.05, 0.1) is 40.6 Å². The third kappa shape index (κ3) is 11.4. The van der Waals surface area contributed by atoms with Crippen LogP contribution in [0.2, 0.25) is 0 Å². The highest BCUT2D eigenvalue weighted by molar-refractivity contribution is 7.16. The molecule has 0 atom stereocenters. The van der Waals surface area contributed by atoms with E-state index in [-0.39, 0.29) is 42.3 Å². The number of nitrogens with zero attached hydrogens (tertiary/aromatic N) is 9. The molecule has 300 valence electrons. The zero-order valence-corrected chi connectivity index (χ0v) is 33.5. The van der Waals surface area contributed by atoms with Crippen molar-refractivity contribution in [1.82, 2.24) is 40.1 Å². The quantitative estimate of drug-likeness (QED) is 0.172. The minimum atomic E-state index is -0.907. The molecule has 1 amide bonds. The Balaban J connectivity index is 0.000000181. The molecule has 20 heteroatoms. The number of anilines is 2. The van der Waals surface area contributed by atoms with Gasteiger partial charge in [-0.05, 0) is 24.3 Å². The number of fused-ring (bicyclic) bond motifs is 2. The first-order valence-corrected chi connectivity index (χ1v) is 19.7. The van der Waals surface area contributed by atoms with E-state index in [0.29, 0.717) is 82.2 Å². The molecule has 2 fully saturated rings. The number of nitriles is 2. The summed E-state index contributed by atoms with van der Waals surface area (Å²) in [5, 5.41) is 32.2. The van der Waals surface area contributed by atoms with E-state index in [0.717, 1.165) is 36.4 Å². The number of piperazine rings is 2. The fourth-order valence-corrected chi connectivity index (χ4v) is 7.57. The molecule has 58 heavy (non-hydrogen) atoms. The van der Waals surface area contributed by atoms with E-state index in [4.69, 9.17) is 15.6 Å². The van der Waals surface area contributed by atoms with E-state index in [1.807, 2.05) is 11.0 Å². The number of amides is 1. The van der Waals surface area contributed by atoms with Gasteiger partial charge in [0.15, 0.2) is 10.3 Å². The van der Waals surface area contributed by atoms with Crippen molar-refractivity contribution in [2.45, 2.75) is 25.7 Å². The second-order valence-electron chi connectivity index (χ2n) is 12.8. The molecule has 0 unspecified atom stereocenters. The molecular formula is C38H39ClN12O5S2. The minimum Gasteiger partial charge on any atom is -0.481 e. The van der Waals surface area contributed by atoms with Gasteiger partial charge < -0.3 is 35.1 Å². The molecule has 17 nitrogen and oxygen atoms in total. The van der Waals surface area contributed by atoms with Gasteiger partial charge in [-0.25, -0.2) is 19.9 Å². The van der Waals surface area contributed by atoms with Crippen molar-refractivity contribution in [3.05, 3.63) is 103 Å². The van der Waals surface area contributed by atoms with E-state index in [1.54, 1.807) is 54.9 Å². The van der Waals surface area contributed by atoms with Crippen molar-refractivity contribution in [3.8, 4) is 12.1 Å². The summed E-state index contributed by atoms with van der Waals surface area (Å²) in [5.74, 6) is 0.0803. The standard InChI is InChI=1S/C19H18N6O2S.C11H10N2O3.C8H10N4S.ClH/c20-11-13-12-21-19(28-13)25-9-7-24(8-10-25)17(26)6-5-16-22-15-4-2-1-3-14(15)18(27)23-16;14-10(15)6-5-9-12-8-4-2-1-3-7(8)11(16)13-9;9-5-7-6-11-8(13-7)12-3-1-10-2-4-12;/h1-4,12H,5-10H2,(H,22,23,27);1-4H,5-6H2,(H,14,15)(H,12,13,16);6,10H,1-4H2;1H. The van der Waals surface area contributed by atoms with Gasteiger partial charge in [0.25, 0.3) is 11.1 Å². The molecular weight excluding hydrogens is 804 g/mol. The molecule has 0 radical (unpaired) electrons. The monoisotopic (exact) mass is 842 g/mol. The number of rotatable bonds is 8. The summed E-state index contributed by atoms with van der Waals surface area (Å²) >= 11 is 2.83. The number of aliphatic carboxylic acids is 1. The zero-order valence-electron chi connectivity index (χ0n) is 31.1. The highest BCUT2D eigenvalue weighted by atomic mass is 35.5. The average molecular weight is 843 g/mol. The number of hydrogen-bond donors (Lipinski definition) is 4. The molecule has 0 aliphatic carbocycles. The molecule has 2 saturated heterocycles. The Kier molecular flexibility index (Phi) is 15.4. The van der Waals surface area contributed by atoms with E-state index >= 15 is 0 Å². The number of thiazole rings is 2. The largest absolute Gasteiger partial charge is 0.481 e. The summed E-state index contributed by atoms with van der Waals surface area (Å²) in [6, 6.07) is 18.3. The van der Waals surface area contributed by atoms with Gasteiger partial charge in [-0.3, -0.25) is 19.2 Å². The van der Waals surface area contributed by atoms with Crippen LogP contribution in [0.25, 0.3) is 21.8 Å². The lowest BCUT2D eigenvalue weighted by molar-refractivity contribution is -0.137. The molecule has 2 aliphatic heterocycles. The van der Waals surface area contributed by atoms with Crippen LogP contribution >= 0.6 is 35.1 Å². The fraction of sp³-hybridized carbons (Fsp3) is 0.316. The van der Waals surface area contributed by atoms with Crippen LogP contribution in [0.3, 0.4) is 0 Å². The molecule has 6 aromatic rings. The number of carbonyl (C=O) groups is 2. The molecule has 4 aromatic heterocycles. The number of para-hydroxylation sites is 2. The smallest absolute Gasteiger partial charge is 0.303 e. The third-order valence-electron chi connectivity index (χ3n) is 8.97. The number of aryl methyl sites for hydroxylation is 2. The van der Waals surface area contributed by atoms with Crippen molar-refractivity contribution in [3.63, 3.8) is 0 Å². The van der Waals surface area contributed by atoms with Gasteiger partial charge >= 0.3 is 5.97 Å². The number of carboxylic acids is 1. The molecule has 0 saturated carbocycles. The Morgan fingerprint density at radius 2 is 1.17 bits per heavy atom. The van der Waals surface area contributed by atoms with Gasteiger partial charge in [-0.2, -0.15) is 10.5 Å². The van der Waals surface area contributed by atoms with Crippen LogP contribution < -0.4 is 26.2 Å². The van der Waals surface area contributed by atoms with Crippen molar-refractivity contribution < 1.29 is 14.7 Å². The van der Waals surface area contributed by atoms with Crippen molar-refractivity contribution >= 4 is 79.0 Å². The number of hydrogen-bond acceptors (Lipinski definition) is 15. The first-order valence-electron chi connectivity index (χ1n) is 18.1. The lowest BCUT2D eigenvalue weighted by atomic mass is 10.2. The predicted octanol–water partition coefficient (Wildman–Crippen LogP) is 3.32. The molecule has 4 N–H and O–H groups in total. The number of aromatic nitrogens is 6. The van der Waals surface area contributed by atoms with Gasteiger partial charge in [0, 0.05) is 71.6 Å². The molecule has 8 rings (SSSR count). The number of carbonyl (C=O) groups excluding carboxylic acids is 1. The molecule has 0 spiro atoms. The summed E-state index contributed by atoms with van der Waals surface area (Å²) in [4.78, 5) is 76.5. The Labute approximate surface area is 346 Å². The maximum absolute atomic E-state index is 12.5. The molecule has 0 bridgehead atoms. The highest BCUT2D eigenvalue weighted by Crippen LogP contribution is 2.23. The topological polar surface area (TPSA) is 241 Å². The van der Waals surface area contributed by atoms with Gasteiger partial charge in [0.2, 0.25) is 5.91 Å². The number of nitrogens with one attached hydrogen (secondary N) is 3. The van der Waals surface area contributed by atoms with E-state index in [1.165, 1.54) is 22.7 Å². The number of aromatic amines is 2. The van der Waals surface area contributed by atoms with Crippen LogP contribution in [0, 0.1) is 22.7 Å².